The number of aromatic nitrogens is 1. The molecule has 2 amide bonds. The molecule has 156 valence electrons. The number of hydrogen-bond acceptors (Lipinski definition) is 5. The van der Waals surface area contributed by atoms with Crippen molar-refractivity contribution < 1.29 is 23.1 Å². The van der Waals surface area contributed by atoms with E-state index in [1.165, 1.54) is 17.4 Å². The Morgan fingerprint density at radius 1 is 1.07 bits per heavy atom. The maximum absolute atomic E-state index is 13.1. The first-order chi connectivity index (χ1) is 14.4. The van der Waals surface area contributed by atoms with Crippen molar-refractivity contribution in [1.29, 1.82) is 0 Å². The molecule has 1 aromatic heterocycles. The van der Waals surface area contributed by atoms with E-state index >= 15 is 0 Å². The smallest absolute Gasteiger partial charge is 0.243 e. The minimum absolute atomic E-state index is 0.00407. The average Bonchev–Trinajstić information content (AvgIpc) is 3.16. The first-order valence-corrected chi connectivity index (χ1v) is 9.98. The summed E-state index contributed by atoms with van der Waals surface area (Å²) in [6.07, 6.45) is -0.00407. The van der Waals surface area contributed by atoms with Gasteiger partial charge in [0, 0.05) is 22.2 Å². The van der Waals surface area contributed by atoms with Crippen LogP contribution in [0.3, 0.4) is 0 Å². The number of carbonyl (C=O) groups is 2. The zero-order valence-electron chi connectivity index (χ0n) is 15.5. The van der Waals surface area contributed by atoms with Gasteiger partial charge < -0.3 is 15.4 Å². The van der Waals surface area contributed by atoms with Crippen molar-refractivity contribution in [2.24, 2.45) is 0 Å². The molecule has 30 heavy (non-hydrogen) atoms. The van der Waals surface area contributed by atoms with E-state index in [4.69, 9.17) is 16.3 Å². The number of nitrogens with zero attached hydrogens (tertiary/aromatic N) is 1. The van der Waals surface area contributed by atoms with Gasteiger partial charge in [0.15, 0.2) is 11.6 Å². The second-order valence-corrected chi connectivity index (χ2v) is 7.48. The van der Waals surface area contributed by atoms with E-state index in [0.29, 0.717) is 21.5 Å². The van der Waals surface area contributed by atoms with Crippen molar-refractivity contribution in [2.45, 2.75) is 13.0 Å². The third-order valence-electron chi connectivity index (χ3n) is 3.77. The third kappa shape index (κ3) is 6.50. The topological polar surface area (TPSA) is 80.3 Å². The molecule has 0 spiro atoms. The number of nitrogens with one attached hydrogen (secondary N) is 2. The van der Waals surface area contributed by atoms with Crippen molar-refractivity contribution in [3.05, 3.63) is 75.2 Å². The van der Waals surface area contributed by atoms with E-state index in [0.717, 1.165) is 12.1 Å². The highest BCUT2D eigenvalue weighted by Gasteiger charge is 2.11. The summed E-state index contributed by atoms with van der Waals surface area (Å²) in [5.41, 5.74) is 0.645. The Labute approximate surface area is 179 Å². The Morgan fingerprint density at radius 2 is 1.83 bits per heavy atom. The van der Waals surface area contributed by atoms with Crippen LogP contribution in [0.5, 0.6) is 5.75 Å². The Balaban J connectivity index is 1.41. The molecule has 0 fully saturated rings. The highest BCUT2D eigenvalue weighted by molar-refractivity contribution is 7.09. The lowest BCUT2D eigenvalue weighted by Gasteiger charge is -2.07. The van der Waals surface area contributed by atoms with Crippen LogP contribution in [-0.2, 0) is 22.6 Å². The largest absolute Gasteiger partial charge is 0.486 e. The minimum atomic E-state index is -1.07. The lowest BCUT2D eigenvalue weighted by atomic mass is 10.3. The molecule has 0 unspecified atom stereocenters. The standard InChI is InChI=1S/C20H16ClF2N3O3S/c21-12-1-4-15(5-2-12)29-10-20-26-14(11-30-20)8-18(27)24-9-19(28)25-13-3-6-16(22)17(23)7-13/h1-7,11H,8-10H2,(H,24,27)(H,25,28). The summed E-state index contributed by atoms with van der Waals surface area (Å²) in [6.45, 7) is -0.0565. The second-order valence-electron chi connectivity index (χ2n) is 6.11. The second kappa shape index (κ2) is 10.1. The lowest BCUT2D eigenvalue weighted by Crippen LogP contribution is -2.33. The minimum Gasteiger partial charge on any atom is -0.486 e. The number of amides is 2. The van der Waals surface area contributed by atoms with E-state index < -0.39 is 23.4 Å². The van der Waals surface area contributed by atoms with E-state index in [1.807, 2.05) is 0 Å². The van der Waals surface area contributed by atoms with Gasteiger partial charge >= 0.3 is 0 Å². The molecule has 0 aliphatic heterocycles. The molecule has 0 bridgehead atoms. The Hall–Kier alpha value is -3.04. The quantitative estimate of drug-likeness (QED) is 0.543. The number of anilines is 1. The van der Waals surface area contributed by atoms with Gasteiger partial charge in [0.05, 0.1) is 18.7 Å². The first kappa shape index (κ1) is 21.7. The predicted molar refractivity (Wildman–Crippen MR) is 110 cm³/mol. The number of hydrogen-bond donors (Lipinski definition) is 2. The molecule has 0 saturated carbocycles. The molecule has 2 aromatic carbocycles. The van der Waals surface area contributed by atoms with Crippen LogP contribution in [0.1, 0.15) is 10.7 Å². The summed E-state index contributed by atoms with van der Waals surface area (Å²) in [4.78, 5) is 28.2. The summed E-state index contributed by atoms with van der Waals surface area (Å²) in [7, 11) is 0. The van der Waals surface area contributed by atoms with E-state index in [-0.39, 0.29) is 25.3 Å². The third-order valence-corrected chi connectivity index (χ3v) is 4.89. The summed E-state index contributed by atoms with van der Waals surface area (Å²) in [6, 6.07) is 9.92. The predicted octanol–water partition coefficient (Wildman–Crippen LogP) is 3.95. The van der Waals surface area contributed by atoms with Crippen LogP contribution in [0.25, 0.3) is 0 Å². The Morgan fingerprint density at radius 3 is 2.57 bits per heavy atom. The number of thiazole rings is 1. The molecule has 2 N–H and O–H groups in total. The molecule has 0 saturated heterocycles. The fourth-order valence-corrected chi connectivity index (χ4v) is 3.19. The molecule has 0 aliphatic carbocycles. The summed E-state index contributed by atoms with van der Waals surface area (Å²) in [5, 5.41) is 7.87. The van der Waals surface area contributed by atoms with Crippen LogP contribution in [0.2, 0.25) is 5.02 Å². The van der Waals surface area contributed by atoms with Crippen LogP contribution in [0, 0.1) is 11.6 Å². The van der Waals surface area contributed by atoms with Crippen LogP contribution in [0.4, 0.5) is 14.5 Å². The van der Waals surface area contributed by atoms with E-state index in [9.17, 15) is 18.4 Å². The van der Waals surface area contributed by atoms with Gasteiger partial charge in [-0.3, -0.25) is 9.59 Å². The fourth-order valence-electron chi connectivity index (χ4n) is 2.36. The van der Waals surface area contributed by atoms with Crippen molar-refractivity contribution in [1.82, 2.24) is 10.3 Å². The van der Waals surface area contributed by atoms with Gasteiger partial charge in [-0.1, -0.05) is 11.6 Å². The SMILES string of the molecule is O=C(Cc1csc(COc2ccc(Cl)cc2)n1)NCC(=O)Nc1ccc(F)c(F)c1. The maximum Gasteiger partial charge on any atom is 0.243 e. The van der Waals surface area contributed by atoms with Gasteiger partial charge in [0.1, 0.15) is 17.4 Å². The van der Waals surface area contributed by atoms with Crippen molar-refractivity contribution in [2.75, 3.05) is 11.9 Å². The molecule has 0 atom stereocenters. The molecule has 3 rings (SSSR count). The molecule has 6 nitrogen and oxygen atoms in total. The van der Waals surface area contributed by atoms with Crippen LogP contribution < -0.4 is 15.4 Å². The zero-order valence-corrected chi connectivity index (χ0v) is 17.0. The zero-order chi connectivity index (χ0) is 21.5. The van der Waals surface area contributed by atoms with Gasteiger partial charge in [0.25, 0.3) is 0 Å². The highest BCUT2D eigenvalue weighted by atomic mass is 35.5. The number of halogens is 3. The molecule has 10 heteroatoms. The number of benzene rings is 2. The first-order valence-electron chi connectivity index (χ1n) is 8.72. The van der Waals surface area contributed by atoms with Gasteiger partial charge in [-0.15, -0.1) is 11.3 Å². The van der Waals surface area contributed by atoms with Gasteiger partial charge in [-0.05, 0) is 36.4 Å². The molecular weight excluding hydrogens is 436 g/mol. The van der Waals surface area contributed by atoms with Crippen LogP contribution in [-0.4, -0.2) is 23.3 Å². The lowest BCUT2D eigenvalue weighted by molar-refractivity contribution is -0.123. The Bertz CT molecular complexity index is 1040. The van der Waals surface area contributed by atoms with E-state index in [2.05, 4.69) is 15.6 Å². The molecule has 1 heterocycles. The summed E-state index contributed by atoms with van der Waals surface area (Å²) >= 11 is 7.18. The normalized spacial score (nSPS) is 10.5. The van der Waals surface area contributed by atoms with Crippen LogP contribution in [0.15, 0.2) is 47.8 Å². The highest BCUT2D eigenvalue weighted by Crippen LogP contribution is 2.18. The average molecular weight is 452 g/mol. The van der Waals surface area contributed by atoms with E-state index in [1.54, 1.807) is 29.6 Å². The molecule has 0 aliphatic rings. The molecule has 3 aromatic rings. The molecule has 0 radical (unpaired) electrons. The number of rotatable bonds is 8. The van der Waals surface area contributed by atoms with Crippen molar-refractivity contribution >= 4 is 40.4 Å². The van der Waals surface area contributed by atoms with Crippen molar-refractivity contribution in [3.63, 3.8) is 0 Å². The van der Waals surface area contributed by atoms with Crippen LogP contribution >= 0.6 is 22.9 Å². The fraction of sp³-hybridized carbons (Fsp3) is 0.150. The summed E-state index contributed by atoms with van der Waals surface area (Å²) in [5.74, 6) is -2.39. The maximum atomic E-state index is 13.1. The van der Waals surface area contributed by atoms with Gasteiger partial charge in [0.2, 0.25) is 11.8 Å². The monoisotopic (exact) mass is 451 g/mol. The Kier molecular flexibility index (Phi) is 7.31. The van der Waals surface area contributed by atoms with Gasteiger partial charge in [-0.2, -0.15) is 0 Å². The number of carbonyl (C=O) groups excluding carboxylic acids is 2. The number of ether oxygens (including phenoxy) is 1. The molecular formula is C20H16ClF2N3O3S. The van der Waals surface area contributed by atoms with Crippen molar-refractivity contribution in [3.8, 4) is 5.75 Å². The summed E-state index contributed by atoms with van der Waals surface area (Å²) < 4.78 is 31.6. The van der Waals surface area contributed by atoms with Gasteiger partial charge in [-0.25, -0.2) is 13.8 Å².